The first-order chi connectivity index (χ1) is 9.60. The molecule has 1 fully saturated rings. The van der Waals surface area contributed by atoms with E-state index in [2.05, 4.69) is 24.4 Å². The Balaban J connectivity index is 2.22. The molecule has 2 rings (SSSR count). The highest BCUT2D eigenvalue weighted by molar-refractivity contribution is 5.85. The molecule has 1 aromatic rings. The Morgan fingerprint density at radius 1 is 1.40 bits per heavy atom. The number of carbonyl (C=O) groups is 1. The number of amides is 1. The Labute approximate surface area is 120 Å². The lowest BCUT2D eigenvalue weighted by atomic mass is 9.77. The van der Waals surface area contributed by atoms with E-state index in [1.54, 1.807) is 7.11 Å². The molecule has 3 N–H and O–H groups in total. The summed E-state index contributed by atoms with van der Waals surface area (Å²) in [5, 5.41) is 3.45. The molecule has 110 valence electrons. The van der Waals surface area contributed by atoms with E-state index in [0.717, 1.165) is 31.2 Å². The van der Waals surface area contributed by atoms with Crippen LogP contribution in [0.2, 0.25) is 0 Å². The van der Waals surface area contributed by atoms with Crippen LogP contribution in [0.5, 0.6) is 0 Å². The first kappa shape index (κ1) is 15.0. The first-order valence-electron chi connectivity index (χ1n) is 7.25. The van der Waals surface area contributed by atoms with Crippen molar-refractivity contribution in [1.29, 1.82) is 0 Å². The molecule has 4 nitrogen and oxygen atoms in total. The average molecular weight is 276 g/mol. The average Bonchev–Trinajstić information content (AvgIpc) is 2.48. The normalized spacial score (nSPS) is 28.0. The summed E-state index contributed by atoms with van der Waals surface area (Å²) in [6, 6.07) is 10.1. The summed E-state index contributed by atoms with van der Waals surface area (Å²) in [5.74, 6) is -0.313. The molecule has 0 bridgehead atoms. The van der Waals surface area contributed by atoms with Gasteiger partial charge in [-0.15, -0.1) is 0 Å². The third-order valence-corrected chi connectivity index (χ3v) is 4.33. The largest absolute Gasteiger partial charge is 0.379 e. The number of nitrogens with one attached hydrogen (secondary N) is 1. The van der Waals surface area contributed by atoms with Gasteiger partial charge in [0, 0.05) is 13.2 Å². The summed E-state index contributed by atoms with van der Waals surface area (Å²) in [6.07, 6.45) is 3.53. The van der Waals surface area contributed by atoms with Gasteiger partial charge in [-0.1, -0.05) is 43.2 Å². The fraction of sp³-hybridized carbons (Fsp3) is 0.562. The van der Waals surface area contributed by atoms with Gasteiger partial charge < -0.3 is 10.5 Å². The van der Waals surface area contributed by atoms with Crippen LogP contribution in [0.4, 0.5) is 0 Å². The van der Waals surface area contributed by atoms with E-state index in [1.807, 2.05) is 18.2 Å². The van der Waals surface area contributed by atoms with Crippen LogP contribution < -0.4 is 11.1 Å². The second-order valence-corrected chi connectivity index (χ2v) is 5.58. The minimum absolute atomic E-state index is 0.0550. The van der Waals surface area contributed by atoms with Gasteiger partial charge in [0.1, 0.15) is 5.54 Å². The molecule has 3 atom stereocenters. The van der Waals surface area contributed by atoms with E-state index >= 15 is 0 Å². The zero-order chi connectivity index (χ0) is 14.6. The Morgan fingerprint density at radius 2 is 2.10 bits per heavy atom. The lowest BCUT2D eigenvalue weighted by molar-refractivity contribution is -0.134. The summed E-state index contributed by atoms with van der Waals surface area (Å²) < 4.78 is 5.54. The lowest BCUT2D eigenvalue weighted by Gasteiger charge is -2.43. The summed E-state index contributed by atoms with van der Waals surface area (Å²) in [7, 11) is 1.66. The Bertz CT molecular complexity index is 449. The molecule has 20 heavy (non-hydrogen) atoms. The molecule has 0 aromatic heterocycles. The molecule has 0 spiro atoms. The number of methoxy groups -OCH3 is 1. The highest BCUT2D eigenvalue weighted by Gasteiger charge is 2.46. The maximum absolute atomic E-state index is 12.1. The van der Waals surface area contributed by atoms with E-state index in [9.17, 15) is 4.79 Å². The van der Waals surface area contributed by atoms with Crippen LogP contribution in [0.1, 0.15) is 44.2 Å². The van der Waals surface area contributed by atoms with Gasteiger partial charge in [0.05, 0.1) is 6.10 Å². The zero-order valence-corrected chi connectivity index (χ0v) is 12.3. The van der Waals surface area contributed by atoms with Gasteiger partial charge in [0.2, 0.25) is 5.91 Å². The highest BCUT2D eigenvalue weighted by Crippen LogP contribution is 2.32. The van der Waals surface area contributed by atoms with Crippen LogP contribution >= 0.6 is 0 Å². The Morgan fingerprint density at radius 3 is 2.70 bits per heavy atom. The molecule has 1 aliphatic rings. The molecule has 0 radical (unpaired) electrons. The number of nitrogens with two attached hydrogens (primary N) is 1. The van der Waals surface area contributed by atoms with Gasteiger partial charge in [-0.3, -0.25) is 10.1 Å². The standard InChI is InChI=1S/C16H24N2O2/c1-12(13-8-4-3-5-9-13)18-16(15(17)19)11-7-6-10-14(16)20-2/h3-5,8-9,12,14,18H,6-7,10-11H2,1-2H3,(H2,17,19)/t12-,14-,16-/m0/s1. The number of hydrogen-bond acceptors (Lipinski definition) is 3. The molecular formula is C16H24N2O2. The molecule has 1 aliphatic carbocycles. The van der Waals surface area contributed by atoms with Crippen molar-refractivity contribution in [3.05, 3.63) is 35.9 Å². The summed E-state index contributed by atoms with van der Waals surface area (Å²) in [6.45, 7) is 2.06. The summed E-state index contributed by atoms with van der Waals surface area (Å²) in [4.78, 5) is 12.1. The zero-order valence-electron chi connectivity index (χ0n) is 12.3. The van der Waals surface area contributed by atoms with E-state index in [4.69, 9.17) is 10.5 Å². The van der Waals surface area contributed by atoms with E-state index in [1.165, 1.54) is 0 Å². The van der Waals surface area contributed by atoms with E-state index in [0.29, 0.717) is 0 Å². The molecule has 0 heterocycles. The predicted octanol–water partition coefficient (Wildman–Crippen LogP) is 2.15. The second kappa shape index (κ2) is 6.37. The van der Waals surface area contributed by atoms with Gasteiger partial charge >= 0.3 is 0 Å². The predicted molar refractivity (Wildman–Crippen MR) is 79.2 cm³/mol. The van der Waals surface area contributed by atoms with Gasteiger partial charge in [-0.05, 0) is 25.3 Å². The second-order valence-electron chi connectivity index (χ2n) is 5.58. The Kier molecular flexibility index (Phi) is 4.78. The highest BCUT2D eigenvalue weighted by atomic mass is 16.5. The fourth-order valence-electron chi connectivity index (χ4n) is 3.19. The number of rotatable bonds is 5. The number of benzene rings is 1. The topological polar surface area (TPSA) is 64.3 Å². The van der Waals surface area contributed by atoms with Crippen LogP contribution in [0.15, 0.2) is 30.3 Å². The van der Waals surface area contributed by atoms with Crippen molar-refractivity contribution in [3.63, 3.8) is 0 Å². The lowest BCUT2D eigenvalue weighted by Crippen LogP contribution is -2.65. The monoisotopic (exact) mass is 276 g/mol. The van der Waals surface area contributed by atoms with Crippen LogP contribution in [0.3, 0.4) is 0 Å². The molecule has 4 heteroatoms. The van der Waals surface area contributed by atoms with Crippen molar-refractivity contribution in [2.75, 3.05) is 7.11 Å². The van der Waals surface area contributed by atoms with Crippen molar-refractivity contribution >= 4 is 5.91 Å². The minimum Gasteiger partial charge on any atom is -0.379 e. The number of carbonyl (C=O) groups excluding carboxylic acids is 1. The summed E-state index contributed by atoms with van der Waals surface area (Å²) >= 11 is 0. The quantitative estimate of drug-likeness (QED) is 0.866. The molecule has 1 amide bonds. The van der Waals surface area contributed by atoms with Crippen molar-refractivity contribution in [2.24, 2.45) is 5.73 Å². The molecule has 0 aliphatic heterocycles. The number of hydrogen-bond donors (Lipinski definition) is 2. The van der Waals surface area contributed by atoms with E-state index in [-0.39, 0.29) is 18.1 Å². The van der Waals surface area contributed by atoms with Crippen LogP contribution in [0, 0.1) is 0 Å². The molecule has 0 saturated heterocycles. The third-order valence-electron chi connectivity index (χ3n) is 4.33. The fourth-order valence-corrected chi connectivity index (χ4v) is 3.19. The maximum atomic E-state index is 12.1. The van der Waals surface area contributed by atoms with Crippen molar-refractivity contribution in [3.8, 4) is 0 Å². The van der Waals surface area contributed by atoms with Crippen molar-refractivity contribution in [1.82, 2.24) is 5.32 Å². The maximum Gasteiger partial charge on any atom is 0.240 e. The molecule has 1 saturated carbocycles. The van der Waals surface area contributed by atoms with Crippen molar-refractivity contribution < 1.29 is 9.53 Å². The third kappa shape index (κ3) is 2.86. The van der Waals surface area contributed by atoms with Crippen LogP contribution in [-0.2, 0) is 9.53 Å². The van der Waals surface area contributed by atoms with Crippen LogP contribution in [0.25, 0.3) is 0 Å². The van der Waals surface area contributed by atoms with Gasteiger partial charge in [0.25, 0.3) is 0 Å². The molecular weight excluding hydrogens is 252 g/mol. The van der Waals surface area contributed by atoms with Gasteiger partial charge in [-0.2, -0.15) is 0 Å². The summed E-state index contributed by atoms with van der Waals surface area (Å²) in [5.41, 5.74) is 6.10. The Hall–Kier alpha value is -1.39. The SMILES string of the molecule is CO[C@H]1CCCC[C@@]1(N[C@@H](C)c1ccccc1)C(N)=O. The van der Waals surface area contributed by atoms with E-state index < -0.39 is 5.54 Å². The van der Waals surface area contributed by atoms with Gasteiger partial charge in [-0.25, -0.2) is 0 Å². The number of primary amides is 1. The molecule has 1 aromatic carbocycles. The smallest absolute Gasteiger partial charge is 0.240 e. The van der Waals surface area contributed by atoms with Crippen LogP contribution in [-0.4, -0.2) is 24.7 Å². The minimum atomic E-state index is -0.762. The number of ether oxygens (including phenoxy) is 1. The van der Waals surface area contributed by atoms with Crippen molar-refractivity contribution in [2.45, 2.75) is 50.3 Å². The molecule has 0 unspecified atom stereocenters. The first-order valence-corrected chi connectivity index (χ1v) is 7.25. The van der Waals surface area contributed by atoms with Gasteiger partial charge in [0.15, 0.2) is 0 Å².